The summed E-state index contributed by atoms with van der Waals surface area (Å²) in [4.78, 5) is 0. The zero-order valence-electron chi connectivity index (χ0n) is 13.4. The summed E-state index contributed by atoms with van der Waals surface area (Å²) in [6, 6.07) is 9.80. The molecule has 0 radical (unpaired) electrons. The van der Waals surface area contributed by atoms with Crippen LogP contribution in [0.5, 0.6) is 0 Å². The summed E-state index contributed by atoms with van der Waals surface area (Å²) in [5.74, 6) is -0.996. The fourth-order valence-corrected chi connectivity index (χ4v) is 7.08. The highest BCUT2D eigenvalue weighted by molar-refractivity contribution is 7.91. The van der Waals surface area contributed by atoms with E-state index in [-0.39, 0.29) is 28.9 Å². The number of rotatable bonds is 3. The average Bonchev–Trinajstić information content (AvgIpc) is 2.69. The molecule has 0 bridgehead atoms. The summed E-state index contributed by atoms with van der Waals surface area (Å²) in [6.45, 7) is 3.14. The molecule has 1 aromatic carbocycles. The maximum atomic E-state index is 12.3. The molecule has 4 atom stereocenters. The molecule has 1 heterocycles. The molecule has 0 aromatic heterocycles. The molecule has 1 aliphatic carbocycles. The summed E-state index contributed by atoms with van der Waals surface area (Å²) >= 11 is 6.56. The molecule has 0 unspecified atom stereocenters. The second kappa shape index (κ2) is 5.73. The van der Waals surface area contributed by atoms with E-state index in [1.165, 1.54) is 0 Å². The van der Waals surface area contributed by atoms with Crippen LogP contribution in [0.2, 0.25) is 0 Å². The number of benzene rings is 1. The van der Waals surface area contributed by atoms with Crippen LogP contribution in [-0.4, -0.2) is 42.3 Å². The lowest BCUT2D eigenvalue weighted by molar-refractivity contribution is -0.214. The molecule has 2 fully saturated rings. The first-order valence-electron chi connectivity index (χ1n) is 7.92. The van der Waals surface area contributed by atoms with Crippen molar-refractivity contribution in [3.05, 3.63) is 35.9 Å². The molecule has 1 aliphatic heterocycles. The molecule has 23 heavy (non-hydrogen) atoms. The number of halogens is 1. The Morgan fingerprint density at radius 3 is 2.57 bits per heavy atom. The van der Waals surface area contributed by atoms with E-state index in [0.717, 1.165) is 5.56 Å². The van der Waals surface area contributed by atoms with Crippen molar-refractivity contribution in [2.75, 3.05) is 11.5 Å². The second-order valence-corrected chi connectivity index (χ2v) is 10.0. The molecule has 128 valence electrons. The molecule has 6 heteroatoms. The molecule has 1 aromatic rings. The molecule has 0 amide bonds. The third-order valence-corrected chi connectivity index (χ3v) is 7.28. The standard InChI is InChI=1S/C17H23ClO4S/c1-16(2,19)22-15-8-13-10-23(20,21)11-17(13,9-14(15)18)12-6-4-3-5-7-12/h3-7,13-15,19H,8-11H2,1-2H3/t13-,14-,15+,17+/m0/s1. The molecule has 2 aliphatic rings. The van der Waals surface area contributed by atoms with Crippen molar-refractivity contribution in [3.63, 3.8) is 0 Å². The minimum atomic E-state index is -3.10. The molecule has 1 N–H and O–H groups in total. The van der Waals surface area contributed by atoms with E-state index in [2.05, 4.69) is 0 Å². The van der Waals surface area contributed by atoms with Crippen molar-refractivity contribution in [2.24, 2.45) is 5.92 Å². The van der Waals surface area contributed by atoms with E-state index in [1.807, 2.05) is 30.3 Å². The van der Waals surface area contributed by atoms with Gasteiger partial charge in [0.15, 0.2) is 15.6 Å². The Balaban J connectivity index is 1.96. The van der Waals surface area contributed by atoms with Crippen molar-refractivity contribution in [1.29, 1.82) is 0 Å². The lowest BCUT2D eigenvalue weighted by atomic mass is 9.63. The van der Waals surface area contributed by atoms with Gasteiger partial charge in [-0.05, 0) is 38.2 Å². The SMILES string of the molecule is CC(C)(O)O[C@@H]1C[C@H]2CS(=O)(=O)C[C@@]2(c2ccccc2)C[C@@H]1Cl. The van der Waals surface area contributed by atoms with Crippen molar-refractivity contribution >= 4 is 21.4 Å². The monoisotopic (exact) mass is 358 g/mol. The van der Waals surface area contributed by atoms with Gasteiger partial charge < -0.3 is 9.84 Å². The van der Waals surface area contributed by atoms with Crippen LogP contribution in [0.15, 0.2) is 30.3 Å². The highest BCUT2D eigenvalue weighted by atomic mass is 35.5. The van der Waals surface area contributed by atoms with Crippen LogP contribution in [0.3, 0.4) is 0 Å². The Labute approximate surface area is 142 Å². The second-order valence-electron chi connectivity index (χ2n) is 7.33. The Kier molecular flexibility index (Phi) is 4.28. The van der Waals surface area contributed by atoms with Gasteiger partial charge in [0.2, 0.25) is 0 Å². The fraction of sp³-hybridized carbons (Fsp3) is 0.647. The van der Waals surface area contributed by atoms with Gasteiger partial charge in [0.25, 0.3) is 0 Å². The molecular formula is C17H23ClO4S. The van der Waals surface area contributed by atoms with Crippen LogP contribution in [0.4, 0.5) is 0 Å². The van der Waals surface area contributed by atoms with Crippen molar-refractivity contribution in [1.82, 2.24) is 0 Å². The summed E-state index contributed by atoms with van der Waals surface area (Å²) in [5, 5.41) is 9.59. The summed E-state index contributed by atoms with van der Waals surface area (Å²) in [7, 11) is -3.10. The predicted octanol–water partition coefficient (Wildman–Crippen LogP) is 2.48. The van der Waals surface area contributed by atoms with Crippen molar-refractivity contribution < 1.29 is 18.3 Å². The van der Waals surface area contributed by atoms with Gasteiger partial charge >= 0.3 is 0 Å². The molecule has 0 spiro atoms. The molecule has 1 saturated heterocycles. The van der Waals surface area contributed by atoms with E-state index in [9.17, 15) is 13.5 Å². The zero-order valence-corrected chi connectivity index (χ0v) is 15.0. The van der Waals surface area contributed by atoms with Gasteiger partial charge in [-0.1, -0.05) is 30.3 Å². The lowest BCUT2D eigenvalue weighted by Crippen LogP contribution is -2.49. The van der Waals surface area contributed by atoms with Crippen LogP contribution in [-0.2, 0) is 20.0 Å². The van der Waals surface area contributed by atoms with E-state index in [1.54, 1.807) is 13.8 Å². The predicted molar refractivity (Wildman–Crippen MR) is 90.3 cm³/mol. The number of aliphatic hydroxyl groups is 1. The lowest BCUT2D eigenvalue weighted by Gasteiger charge is -2.45. The zero-order chi connectivity index (χ0) is 16.9. The fourth-order valence-electron chi connectivity index (χ4n) is 4.16. The molecule has 1 saturated carbocycles. The van der Waals surface area contributed by atoms with Gasteiger partial charge in [-0.25, -0.2) is 8.42 Å². The average molecular weight is 359 g/mol. The largest absolute Gasteiger partial charge is 0.366 e. The summed E-state index contributed by atoms with van der Waals surface area (Å²) in [5.41, 5.74) is 0.602. The van der Waals surface area contributed by atoms with Crippen LogP contribution >= 0.6 is 11.6 Å². The summed E-state index contributed by atoms with van der Waals surface area (Å²) < 4.78 is 30.4. The van der Waals surface area contributed by atoms with Crippen LogP contribution < -0.4 is 0 Å². The van der Waals surface area contributed by atoms with Gasteiger partial charge in [-0.2, -0.15) is 0 Å². The highest BCUT2D eigenvalue weighted by Gasteiger charge is 2.56. The number of alkyl halides is 1. The molecular weight excluding hydrogens is 336 g/mol. The Bertz CT molecular complexity index is 668. The van der Waals surface area contributed by atoms with E-state index >= 15 is 0 Å². The molecule has 3 rings (SSSR count). The Morgan fingerprint density at radius 2 is 1.96 bits per heavy atom. The van der Waals surface area contributed by atoms with Gasteiger partial charge in [-0.3, -0.25) is 0 Å². The van der Waals surface area contributed by atoms with Gasteiger partial charge in [0.1, 0.15) is 0 Å². The first kappa shape index (κ1) is 17.2. The third-order valence-electron chi connectivity index (χ3n) is 4.98. The quantitative estimate of drug-likeness (QED) is 0.666. The first-order valence-corrected chi connectivity index (χ1v) is 10.2. The topological polar surface area (TPSA) is 63.6 Å². The van der Waals surface area contributed by atoms with E-state index in [4.69, 9.17) is 16.3 Å². The van der Waals surface area contributed by atoms with Gasteiger partial charge in [-0.15, -0.1) is 11.6 Å². The maximum Gasteiger partial charge on any atom is 0.160 e. The minimum absolute atomic E-state index is 0.0303. The van der Waals surface area contributed by atoms with Crippen molar-refractivity contribution in [3.8, 4) is 0 Å². The van der Waals surface area contributed by atoms with Crippen LogP contribution in [0, 0.1) is 5.92 Å². The van der Waals surface area contributed by atoms with E-state index in [0.29, 0.717) is 12.8 Å². The smallest absolute Gasteiger partial charge is 0.160 e. The highest BCUT2D eigenvalue weighted by Crippen LogP contribution is 2.51. The van der Waals surface area contributed by atoms with Crippen molar-refractivity contribution in [2.45, 2.75) is 49.4 Å². The van der Waals surface area contributed by atoms with Gasteiger partial charge in [0, 0.05) is 5.41 Å². The summed E-state index contributed by atoms with van der Waals surface area (Å²) in [6.07, 6.45) is 0.752. The minimum Gasteiger partial charge on any atom is -0.366 e. The van der Waals surface area contributed by atoms with Gasteiger partial charge in [0.05, 0.1) is 23.0 Å². The molecule has 4 nitrogen and oxygen atoms in total. The number of sulfone groups is 1. The third kappa shape index (κ3) is 3.43. The normalized spacial score (nSPS) is 36.6. The Morgan fingerprint density at radius 1 is 1.30 bits per heavy atom. The number of fused-ring (bicyclic) bond motifs is 1. The number of hydrogen-bond donors (Lipinski definition) is 1. The van der Waals surface area contributed by atoms with Crippen LogP contribution in [0.25, 0.3) is 0 Å². The first-order chi connectivity index (χ1) is 10.6. The van der Waals surface area contributed by atoms with E-state index < -0.39 is 21.0 Å². The number of ether oxygens (including phenoxy) is 1. The maximum absolute atomic E-state index is 12.3. The number of hydrogen-bond acceptors (Lipinski definition) is 4. The Hall–Kier alpha value is -0.620. The van der Waals surface area contributed by atoms with Crippen LogP contribution in [0.1, 0.15) is 32.3 Å².